The Labute approximate surface area is 138 Å². The van der Waals surface area contributed by atoms with Crippen molar-refractivity contribution in [3.63, 3.8) is 0 Å². The van der Waals surface area contributed by atoms with Crippen molar-refractivity contribution in [2.45, 2.75) is 33.6 Å². The van der Waals surface area contributed by atoms with Gasteiger partial charge in [0.25, 0.3) is 0 Å². The average Bonchev–Trinajstić information content (AvgIpc) is 2.97. The molecule has 0 saturated heterocycles. The van der Waals surface area contributed by atoms with Gasteiger partial charge in [-0.2, -0.15) is 12.2 Å². The summed E-state index contributed by atoms with van der Waals surface area (Å²) in [7, 11) is 0. The van der Waals surface area contributed by atoms with Gasteiger partial charge in [-0.1, -0.05) is 26.7 Å². The zero-order chi connectivity index (χ0) is 12.2. The maximum Gasteiger partial charge on any atom is 4.00 e. The maximum absolute atomic E-state index is 5.35. The second kappa shape index (κ2) is 16.9. The molecule has 0 radical (unpaired) electrons. The molecule has 0 aromatic carbocycles. The molecule has 0 spiro atoms. The summed E-state index contributed by atoms with van der Waals surface area (Å²) in [5.74, 6) is 0.546. The van der Waals surface area contributed by atoms with E-state index >= 15 is 0 Å². The summed E-state index contributed by atoms with van der Waals surface area (Å²) < 4.78 is 0. The molecule has 2 rings (SSSR count). The van der Waals surface area contributed by atoms with Crippen LogP contribution in [0.25, 0.3) is 0 Å². The van der Waals surface area contributed by atoms with Crippen LogP contribution in [0.2, 0.25) is 0 Å². The third-order valence-corrected chi connectivity index (χ3v) is 2.08. The van der Waals surface area contributed by atoms with E-state index in [1.54, 1.807) is 0 Å². The van der Waals surface area contributed by atoms with E-state index in [1.807, 2.05) is 31.2 Å². The number of allylic oxidation sites excluding steroid dienone is 9. The first kappa shape index (κ1) is 23.0. The number of halogens is 1. The van der Waals surface area contributed by atoms with E-state index in [4.69, 9.17) is 6.58 Å². The van der Waals surface area contributed by atoms with Gasteiger partial charge in [0.1, 0.15) is 0 Å². The first-order chi connectivity index (χ1) is 7.64. The number of hydrogen-bond acceptors (Lipinski definition) is 0. The van der Waals surface area contributed by atoms with Crippen LogP contribution >= 0.6 is 0 Å². The van der Waals surface area contributed by atoms with Gasteiger partial charge in [0.05, 0.1) is 0 Å². The summed E-state index contributed by atoms with van der Waals surface area (Å²) in [5, 5.41) is 0. The Morgan fingerprint density at radius 1 is 1.06 bits per heavy atom. The van der Waals surface area contributed by atoms with Gasteiger partial charge >= 0.3 is 26.2 Å². The quantitative estimate of drug-likeness (QED) is 0.637. The van der Waals surface area contributed by atoms with Crippen LogP contribution in [0.3, 0.4) is 0 Å². The van der Waals surface area contributed by atoms with Crippen molar-refractivity contribution < 1.29 is 38.6 Å². The molecular formula is C16H21ClZr. The monoisotopic (exact) mass is 338 g/mol. The molecule has 0 fully saturated rings. The molecular weight excluding hydrogens is 319 g/mol. The molecule has 2 aliphatic rings. The molecule has 18 heavy (non-hydrogen) atoms. The van der Waals surface area contributed by atoms with Gasteiger partial charge in [-0.25, -0.2) is 24.3 Å². The molecule has 0 aromatic rings. The Morgan fingerprint density at radius 2 is 1.39 bits per heavy atom. The summed E-state index contributed by atoms with van der Waals surface area (Å²) in [6.45, 7) is 11.4. The van der Waals surface area contributed by atoms with E-state index in [0.29, 0.717) is 5.92 Å². The summed E-state index contributed by atoms with van der Waals surface area (Å²) in [6, 6.07) is 0. The first-order valence-corrected chi connectivity index (χ1v) is 5.67. The minimum atomic E-state index is 0. The molecule has 0 heterocycles. The molecule has 0 unspecified atom stereocenters. The van der Waals surface area contributed by atoms with Gasteiger partial charge in [0.15, 0.2) is 0 Å². The fraction of sp³-hybridized carbons (Fsp3) is 0.375. The Morgan fingerprint density at radius 3 is 1.44 bits per heavy atom. The molecule has 0 atom stereocenters. The number of rotatable bonds is 1. The molecule has 0 saturated carbocycles. The normalized spacial score (nSPS) is 12.9. The van der Waals surface area contributed by atoms with Gasteiger partial charge in [0.2, 0.25) is 0 Å². The molecule has 96 valence electrons. The van der Waals surface area contributed by atoms with Gasteiger partial charge in [0, 0.05) is 0 Å². The molecule has 2 heteroatoms. The smallest absolute Gasteiger partial charge is 1.00 e. The molecule has 0 aliphatic heterocycles. The molecule has 0 bridgehead atoms. The van der Waals surface area contributed by atoms with Crippen molar-refractivity contribution in [3.8, 4) is 0 Å². The van der Waals surface area contributed by atoms with Crippen LogP contribution in [-0.4, -0.2) is 0 Å². The van der Waals surface area contributed by atoms with Crippen LogP contribution < -0.4 is 12.4 Å². The minimum Gasteiger partial charge on any atom is -1.00 e. The Balaban J connectivity index is -0.000000178. The molecule has 0 amide bonds. The van der Waals surface area contributed by atoms with Gasteiger partial charge < -0.3 is 19.0 Å². The van der Waals surface area contributed by atoms with Crippen molar-refractivity contribution in [3.05, 3.63) is 60.8 Å². The minimum absolute atomic E-state index is 0. The van der Waals surface area contributed by atoms with Crippen molar-refractivity contribution in [1.29, 1.82) is 0 Å². The predicted octanol–water partition coefficient (Wildman–Crippen LogP) is 1.63. The van der Waals surface area contributed by atoms with Crippen LogP contribution in [0.4, 0.5) is 0 Å². The zero-order valence-electron chi connectivity index (χ0n) is 11.4. The van der Waals surface area contributed by atoms with Crippen LogP contribution in [0, 0.1) is 24.6 Å². The third-order valence-electron chi connectivity index (χ3n) is 2.08. The Kier molecular flexibility index (Phi) is 21.6. The van der Waals surface area contributed by atoms with Gasteiger partial charge in [-0.05, 0) is 0 Å². The summed E-state index contributed by atoms with van der Waals surface area (Å²) in [6.07, 6.45) is 20.0. The van der Waals surface area contributed by atoms with Crippen LogP contribution in [0.15, 0.2) is 42.0 Å². The van der Waals surface area contributed by atoms with Crippen molar-refractivity contribution >= 4 is 0 Å². The first-order valence-electron chi connectivity index (χ1n) is 5.67. The predicted molar refractivity (Wildman–Crippen MR) is 71.5 cm³/mol. The summed E-state index contributed by atoms with van der Waals surface area (Å²) in [4.78, 5) is 0. The Hall–Kier alpha value is -0.127. The second-order valence-corrected chi connectivity index (χ2v) is 3.90. The third kappa shape index (κ3) is 18.2. The van der Waals surface area contributed by atoms with E-state index in [-0.39, 0.29) is 38.6 Å². The van der Waals surface area contributed by atoms with Crippen molar-refractivity contribution in [1.82, 2.24) is 0 Å². The fourth-order valence-electron chi connectivity index (χ4n) is 0.680. The molecule has 0 nitrogen and oxygen atoms in total. The SMILES string of the molecule is [C-]1=CC=CC1.[C-]1=CC=CC1.[CH-]=C(C)C(C)C.[Cl-].[Zr+4]. The van der Waals surface area contributed by atoms with Crippen molar-refractivity contribution in [2.75, 3.05) is 0 Å². The second-order valence-electron chi connectivity index (χ2n) is 3.90. The van der Waals surface area contributed by atoms with Crippen LogP contribution in [0.5, 0.6) is 0 Å². The largest absolute Gasteiger partial charge is 4.00 e. The van der Waals surface area contributed by atoms with E-state index in [2.05, 4.69) is 38.2 Å². The van der Waals surface area contributed by atoms with E-state index in [9.17, 15) is 0 Å². The van der Waals surface area contributed by atoms with E-state index < -0.39 is 0 Å². The van der Waals surface area contributed by atoms with E-state index in [0.717, 1.165) is 18.4 Å². The molecule has 2 aliphatic carbocycles. The maximum atomic E-state index is 5.35. The van der Waals surface area contributed by atoms with E-state index in [1.165, 1.54) is 0 Å². The Bertz CT molecular complexity index is 254. The van der Waals surface area contributed by atoms with Gasteiger partial charge in [-0.15, -0.1) is 12.8 Å². The zero-order valence-corrected chi connectivity index (χ0v) is 14.6. The molecule has 0 N–H and O–H groups in total. The van der Waals surface area contributed by atoms with Crippen LogP contribution in [0.1, 0.15) is 33.6 Å². The summed E-state index contributed by atoms with van der Waals surface area (Å²) in [5.41, 5.74) is 1.01. The fourth-order valence-corrected chi connectivity index (χ4v) is 0.680. The number of hydrogen-bond donors (Lipinski definition) is 0. The van der Waals surface area contributed by atoms with Gasteiger partial charge in [-0.3, -0.25) is 17.7 Å². The molecule has 0 aromatic heterocycles. The average molecular weight is 340 g/mol. The standard InChI is InChI=1S/C6H11.2C5H5.ClH.Zr/c1-5(2)6(3)4;2*1-2-4-5-3-1;;/h1,6H,2-4H3;2*1-3H,4H2;1H;/q3*-1;;+4/p-1. The van der Waals surface area contributed by atoms with Crippen molar-refractivity contribution in [2.24, 2.45) is 5.92 Å². The topological polar surface area (TPSA) is 0 Å². The summed E-state index contributed by atoms with van der Waals surface area (Å²) >= 11 is 0. The van der Waals surface area contributed by atoms with Crippen LogP contribution in [-0.2, 0) is 26.2 Å².